The molecule has 10 heteroatoms. The van der Waals surface area contributed by atoms with E-state index < -0.39 is 17.3 Å². The molecular formula is C25H25ClF3N5O. The van der Waals surface area contributed by atoms with Crippen molar-refractivity contribution in [3.8, 4) is 0 Å². The third kappa shape index (κ3) is 4.61. The average molecular weight is 504 g/mol. The van der Waals surface area contributed by atoms with Crippen LogP contribution in [0.25, 0.3) is 0 Å². The number of hydrogen-bond acceptors (Lipinski definition) is 3. The predicted octanol–water partition coefficient (Wildman–Crippen LogP) is 5.84. The summed E-state index contributed by atoms with van der Waals surface area (Å²) in [5.41, 5.74) is -0.552. The van der Waals surface area contributed by atoms with Gasteiger partial charge in [-0.1, -0.05) is 41.9 Å². The van der Waals surface area contributed by atoms with Crippen LogP contribution in [-0.2, 0) is 18.3 Å². The Balaban J connectivity index is 1.38. The van der Waals surface area contributed by atoms with Gasteiger partial charge < -0.3 is 14.8 Å². The SMILES string of the molecule is Cc1nnc([C@H]2CCCN2C(=O)NC2(c3ccccc3C(F)(F)F)CC2)n1Cc1ccc(Cl)cc1. The number of nitrogens with one attached hydrogen (secondary N) is 1. The summed E-state index contributed by atoms with van der Waals surface area (Å²) in [6.07, 6.45) is -2.06. The van der Waals surface area contributed by atoms with Gasteiger partial charge in [0.1, 0.15) is 5.82 Å². The standard InChI is InChI=1S/C25H25ClF3N5O/c1-16-31-32-22(34(16)15-17-8-10-18(26)11-9-17)21-7-4-14-33(21)23(35)30-24(12-13-24)19-5-2-3-6-20(19)25(27,28)29/h2-3,5-6,8-11,21H,4,7,12-15H2,1H3,(H,30,35)/t21-/m1/s1. The summed E-state index contributed by atoms with van der Waals surface area (Å²) < 4.78 is 42.9. The first-order valence-corrected chi connectivity index (χ1v) is 12.0. The molecule has 5 rings (SSSR count). The summed E-state index contributed by atoms with van der Waals surface area (Å²) in [5.74, 6) is 1.39. The van der Waals surface area contributed by atoms with Gasteiger partial charge in [-0.3, -0.25) is 0 Å². The Hall–Kier alpha value is -3.07. The van der Waals surface area contributed by atoms with Crippen molar-refractivity contribution in [2.24, 2.45) is 0 Å². The van der Waals surface area contributed by atoms with Crippen LogP contribution < -0.4 is 5.32 Å². The molecule has 1 aliphatic carbocycles. The zero-order valence-electron chi connectivity index (χ0n) is 19.1. The van der Waals surface area contributed by atoms with Gasteiger partial charge in [-0.05, 0) is 61.9 Å². The van der Waals surface area contributed by atoms with E-state index in [1.165, 1.54) is 12.1 Å². The lowest BCUT2D eigenvalue weighted by Crippen LogP contribution is -2.45. The second-order valence-corrected chi connectivity index (χ2v) is 9.66. The Morgan fingerprint density at radius 2 is 1.86 bits per heavy atom. The summed E-state index contributed by atoms with van der Waals surface area (Å²) in [7, 11) is 0. The number of hydrogen-bond donors (Lipinski definition) is 1. The number of carbonyl (C=O) groups is 1. The highest BCUT2D eigenvalue weighted by molar-refractivity contribution is 6.30. The van der Waals surface area contributed by atoms with Gasteiger partial charge in [-0.2, -0.15) is 13.2 Å². The number of rotatable bonds is 5. The number of aromatic nitrogens is 3. The minimum Gasteiger partial charge on any atom is -0.328 e. The number of benzene rings is 2. The van der Waals surface area contributed by atoms with Gasteiger partial charge in [0.15, 0.2) is 5.82 Å². The number of nitrogens with zero attached hydrogens (tertiary/aromatic N) is 4. The summed E-state index contributed by atoms with van der Waals surface area (Å²) in [6, 6.07) is 12.3. The van der Waals surface area contributed by atoms with Crippen molar-refractivity contribution in [3.63, 3.8) is 0 Å². The molecule has 0 spiro atoms. The minimum atomic E-state index is -4.48. The lowest BCUT2D eigenvalue weighted by atomic mass is 9.98. The largest absolute Gasteiger partial charge is 0.416 e. The average Bonchev–Trinajstić information content (AvgIpc) is 3.27. The molecule has 1 aromatic heterocycles. The van der Waals surface area contributed by atoms with Gasteiger partial charge in [0.2, 0.25) is 0 Å². The fourth-order valence-corrected chi connectivity index (χ4v) is 5.03. The molecule has 1 saturated carbocycles. The van der Waals surface area contributed by atoms with Gasteiger partial charge in [-0.25, -0.2) is 4.79 Å². The fourth-order valence-electron chi connectivity index (χ4n) is 4.90. The Morgan fingerprint density at radius 3 is 2.54 bits per heavy atom. The van der Waals surface area contributed by atoms with Gasteiger partial charge in [0, 0.05) is 11.6 Å². The van der Waals surface area contributed by atoms with Crippen molar-refractivity contribution in [2.45, 2.75) is 56.9 Å². The van der Waals surface area contributed by atoms with Crippen LogP contribution in [0, 0.1) is 6.92 Å². The summed E-state index contributed by atoms with van der Waals surface area (Å²) in [4.78, 5) is 15.1. The van der Waals surface area contributed by atoms with Gasteiger partial charge in [-0.15, -0.1) is 10.2 Å². The van der Waals surface area contributed by atoms with E-state index in [0.29, 0.717) is 43.2 Å². The number of aryl methyl sites for hydroxylation is 1. The Kier molecular flexibility index (Phi) is 5.99. The molecule has 184 valence electrons. The second-order valence-electron chi connectivity index (χ2n) is 9.23. The maximum Gasteiger partial charge on any atom is 0.416 e. The Labute approximate surface area is 206 Å². The molecule has 0 unspecified atom stereocenters. The molecule has 1 saturated heterocycles. The molecule has 2 aliphatic rings. The van der Waals surface area contributed by atoms with Crippen LogP contribution in [0.2, 0.25) is 5.02 Å². The quantitative estimate of drug-likeness (QED) is 0.475. The number of amides is 2. The molecule has 3 aromatic rings. The predicted molar refractivity (Wildman–Crippen MR) is 125 cm³/mol. The van der Waals surface area contributed by atoms with Crippen LogP contribution >= 0.6 is 11.6 Å². The van der Waals surface area contributed by atoms with Crippen molar-refractivity contribution in [2.75, 3.05) is 6.54 Å². The molecule has 2 aromatic carbocycles. The van der Waals surface area contributed by atoms with E-state index in [1.807, 2.05) is 35.8 Å². The molecule has 6 nitrogen and oxygen atoms in total. The molecule has 1 atom stereocenters. The fraction of sp³-hybridized carbons (Fsp3) is 0.400. The van der Waals surface area contributed by atoms with E-state index in [9.17, 15) is 18.0 Å². The highest BCUT2D eigenvalue weighted by Gasteiger charge is 2.51. The molecule has 2 heterocycles. The minimum absolute atomic E-state index is 0.123. The molecule has 1 aliphatic heterocycles. The zero-order valence-corrected chi connectivity index (χ0v) is 19.9. The maximum absolute atomic E-state index is 13.6. The number of carbonyl (C=O) groups excluding carboxylic acids is 1. The molecule has 1 N–H and O–H groups in total. The van der Waals surface area contributed by atoms with Crippen molar-refractivity contribution in [1.29, 1.82) is 0 Å². The number of alkyl halides is 3. The maximum atomic E-state index is 13.6. The topological polar surface area (TPSA) is 63.1 Å². The summed E-state index contributed by atoms with van der Waals surface area (Å²) in [6.45, 7) is 2.89. The van der Waals surface area contributed by atoms with Crippen LogP contribution in [0.15, 0.2) is 48.5 Å². The molecule has 0 bridgehead atoms. The van der Waals surface area contributed by atoms with Crippen molar-refractivity contribution >= 4 is 17.6 Å². The lowest BCUT2D eigenvalue weighted by molar-refractivity contribution is -0.138. The monoisotopic (exact) mass is 503 g/mol. The van der Waals surface area contributed by atoms with Crippen LogP contribution in [0.1, 0.15) is 60.1 Å². The van der Waals surface area contributed by atoms with Gasteiger partial charge in [0.05, 0.1) is 23.7 Å². The van der Waals surface area contributed by atoms with Crippen molar-refractivity contribution < 1.29 is 18.0 Å². The normalized spacial score (nSPS) is 19.1. The van der Waals surface area contributed by atoms with E-state index in [0.717, 1.165) is 23.9 Å². The third-order valence-electron chi connectivity index (χ3n) is 6.87. The summed E-state index contributed by atoms with van der Waals surface area (Å²) >= 11 is 6.01. The molecule has 0 radical (unpaired) electrons. The highest BCUT2D eigenvalue weighted by atomic mass is 35.5. The smallest absolute Gasteiger partial charge is 0.328 e. The van der Waals surface area contributed by atoms with Crippen LogP contribution in [0.4, 0.5) is 18.0 Å². The van der Waals surface area contributed by atoms with E-state index in [4.69, 9.17) is 11.6 Å². The number of urea groups is 1. The molecular weight excluding hydrogens is 479 g/mol. The third-order valence-corrected chi connectivity index (χ3v) is 7.13. The molecule has 2 fully saturated rings. The van der Waals surface area contributed by atoms with Gasteiger partial charge in [0.25, 0.3) is 0 Å². The zero-order chi connectivity index (χ0) is 24.8. The van der Waals surface area contributed by atoms with Crippen molar-refractivity contribution in [3.05, 3.63) is 81.9 Å². The van der Waals surface area contributed by atoms with E-state index >= 15 is 0 Å². The second kappa shape index (κ2) is 8.86. The number of likely N-dealkylation sites (tertiary alicyclic amines) is 1. The Morgan fingerprint density at radius 1 is 1.14 bits per heavy atom. The summed E-state index contributed by atoms with van der Waals surface area (Å²) in [5, 5.41) is 12.2. The highest BCUT2D eigenvalue weighted by Crippen LogP contribution is 2.50. The van der Waals surface area contributed by atoms with Gasteiger partial charge >= 0.3 is 12.2 Å². The van der Waals surface area contributed by atoms with Crippen LogP contribution in [0.3, 0.4) is 0 Å². The van der Waals surface area contributed by atoms with E-state index in [1.54, 1.807) is 11.0 Å². The Bertz CT molecular complexity index is 1240. The first kappa shape index (κ1) is 23.7. The number of halogens is 4. The van der Waals surface area contributed by atoms with Crippen LogP contribution in [0.5, 0.6) is 0 Å². The van der Waals surface area contributed by atoms with Crippen molar-refractivity contribution in [1.82, 2.24) is 25.0 Å². The van der Waals surface area contributed by atoms with E-state index in [-0.39, 0.29) is 17.6 Å². The molecule has 2 amide bonds. The molecule has 35 heavy (non-hydrogen) atoms. The van der Waals surface area contributed by atoms with E-state index in [2.05, 4.69) is 15.5 Å². The first-order valence-electron chi connectivity index (χ1n) is 11.6. The van der Waals surface area contributed by atoms with Crippen LogP contribution in [-0.4, -0.2) is 32.2 Å². The first-order chi connectivity index (χ1) is 16.7. The lowest BCUT2D eigenvalue weighted by Gasteiger charge is -2.29.